The second kappa shape index (κ2) is 5.19. The summed E-state index contributed by atoms with van der Waals surface area (Å²) in [5.74, 6) is 1.17. The molecule has 0 radical (unpaired) electrons. The van der Waals surface area contributed by atoms with Crippen LogP contribution in [0.2, 0.25) is 0 Å². The summed E-state index contributed by atoms with van der Waals surface area (Å²) in [5.41, 5.74) is 1.39. The molecule has 0 N–H and O–H groups in total. The van der Waals surface area contributed by atoms with E-state index in [0.717, 1.165) is 32.0 Å². The van der Waals surface area contributed by atoms with Crippen LogP contribution in [-0.2, 0) is 10.2 Å². The van der Waals surface area contributed by atoms with E-state index in [-0.39, 0.29) is 11.3 Å². The molecular formula is C15H23N3O. The summed E-state index contributed by atoms with van der Waals surface area (Å²) in [4.78, 5) is 20.0. The molecule has 1 aliphatic heterocycles. The highest BCUT2D eigenvalue weighted by atomic mass is 16.2. The predicted octanol–water partition coefficient (Wildman–Crippen LogP) is 2.05. The summed E-state index contributed by atoms with van der Waals surface area (Å²) in [5, 5.41) is 0. The highest BCUT2D eigenvalue weighted by Crippen LogP contribution is 2.23. The molecule has 0 saturated carbocycles. The topological polar surface area (TPSA) is 36.4 Å². The van der Waals surface area contributed by atoms with Crippen LogP contribution in [0.15, 0.2) is 18.3 Å². The number of rotatable bonds is 1. The number of anilines is 1. The average molecular weight is 261 g/mol. The van der Waals surface area contributed by atoms with Crippen molar-refractivity contribution in [1.29, 1.82) is 0 Å². The van der Waals surface area contributed by atoms with Crippen LogP contribution in [0.4, 0.5) is 5.82 Å². The van der Waals surface area contributed by atoms with Crippen LogP contribution in [-0.4, -0.2) is 42.0 Å². The van der Waals surface area contributed by atoms with Gasteiger partial charge in [-0.3, -0.25) is 4.79 Å². The number of piperazine rings is 1. The van der Waals surface area contributed by atoms with E-state index < -0.39 is 0 Å². The van der Waals surface area contributed by atoms with Crippen molar-refractivity contribution in [2.24, 2.45) is 0 Å². The van der Waals surface area contributed by atoms with Gasteiger partial charge in [0.15, 0.2) is 0 Å². The van der Waals surface area contributed by atoms with Gasteiger partial charge in [-0.15, -0.1) is 0 Å². The summed E-state index contributed by atoms with van der Waals surface area (Å²) in [6.45, 7) is 11.5. The van der Waals surface area contributed by atoms with Crippen molar-refractivity contribution < 1.29 is 4.79 Å². The fourth-order valence-corrected chi connectivity index (χ4v) is 2.27. The fourth-order valence-electron chi connectivity index (χ4n) is 2.27. The third-order valence-electron chi connectivity index (χ3n) is 3.66. The first-order chi connectivity index (χ1) is 8.88. The third kappa shape index (κ3) is 3.25. The normalized spacial score (nSPS) is 16.6. The molecule has 1 saturated heterocycles. The van der Waals surface area contributed by atoms with Gasteiger partial charge in [0.25, 0.3) is 0 Å². The maximum atomic E-state index is 11.3. The Labute approximate surface area is 115 Å². The number of carbonyl (C=O) groups is 1. The Morgan fingerprint density at radius 3 is 2.21 bits per heavy atom. The summed E-state index contributed by atoms with van der Waals surface area (Å²) in [6, 6.07) is 4.24. The summed E-state index contributed by atoms with van der Waals surface area (Å²) >= 11 is 0. The smallest absolute Gasteiger partial charge is 0.219 e. The average Bonchev–Trinajstić information content (AvgIpc) is 2.38. The van der Waals surface area contributed by atoms with Gasteiger partial charge in [0.2, 0.25) is 5.91 Å². The molecule has 4 heteroatoms. The van der Waals surface area contributed by atoms with Gasteiger partial charge in [-0.25, -0.2) is 4.98 Å². The molecule has 0 aliphatic carbocycles. The van der Waals surface area contributed by atoms with E-state index in [4.69, 9.17) is 0 Å². The van der Waals surface area contributed by atoms with E-state index in [1.54, 1.807) is 6.92 Å². The molecule has 104 valence electrons. The van der Waals surface area contributed by atoms with Crippen LogP contribution < -0.4 is 4.90 Å². The van der Waals surface area contributed by atoms with E-state index in [2.05, 4.69) is 42.8 Å². The monoisotopic (exact) mass is 261 g/mol. The van der Waals surface area contributed by atoms with Crippen LogP contribution in [0, 0.1) is 0 Å². The van der Waals surface area contributed by atoms with Gasteiger partial charge in [-0.05, 0) is 17.0 Å². The highest BCUT2D eigenvalue weighted by molar-refractivity contribution is 5.73. The lowest BCUT2D eigenvalue weighted by atomic mass is 9.88. The van der Waals surface area contributed by atoms with E-state index in [9.17, 15) is 4.79 Å². The zero-order chi connectivity index (χ0) is 14.0. The van der Waals surface area contributed by atoms with Crippen LogP contribution >= 0.6 is 0 Å². The number of nitrogens with zero attached hydrogens (tertiary/aromatic N) is 3. The minimum absolute atomic E-state index is 0.138. The Hall–Kier alpha value is -1.58. The highest BCUT2D eigenvalue weighted by Gasteiger charge is 2.20. The van der Waals surface area contributed by atoms with Crippen molar-refractivity contribution >= 4 is 11.7 Å². The molecule has 0 atom stereocenters. The quantitative estimate of drug-likeness (QED) is 0.776. The van der Waals surface area contributed by atoms with Crippen molar-refractivity contribution in [2.45, 2.75) is 33.1 Å². The molecule has 1 amide bonds. The number of hydrogen-bond donors (Lipinski definition) is 0. The maximum absolute atomic E-state index is 11.3. The lowest BCUT2D eigenvalue weighted by Crippen LogP contribution is -2.48. The first-order valence-electron chi connectivity index (χ1n) is 6.85. The standard InChI is InChI=1S/C15H23N3O/c1-12(19)17-7-9-18(10-8-17)14-6-5-13(11-16-14)15(2,3)4/h5-6,11H,7-10H2,1-4H3. The predicted molar refractivity (Wildman–Crippen MR) is 77.4 cm³/mol. The molecule has 2 heterocycles. The molecular weight excluding hydrogens is 238 g/mol. The Morgan fingerprint density at radius 1 is 1.16 bits per heavy atom. The maximum Gasteiger partial charge on any atom is 0.219 e. The number of pyridine rings is 1. The lowest BCUT2D eigenvalue weighted by molar-refractivity contribution is -0.129. The molecule has 1 aliphatic rings. The Morgan fingerprint density at radius 2 is 1.79 bits per heavy atom. The molecule has 19 heavy (non-hydrogen) atoms. The minimum Gasteiger partial charge on any atom is -0.353 e. The second-order valence-electron chi connectivity index (χ2n) is 6.15. The van der Waals surface area contributed by atoms with Crippen LogP contribution in [0.5, 0.6) is 0 Å². The summed E-state index contributed by atoms with van der Waals surface area (Å²) in [6.07, 6.45) is 1.96. The van der Waals surface area contributed by atoms with E-state index in [1.807, 2.05) is 11.1 Å². The lowest BCUT2D eigenvalue weighted by Gasteiger charge is -2.35. The molecule has 0 bridgehead atoms. The molecule has 1 fully saturated rings. The van der Waals surface area contributed by atoms with Gasteiger partial charge in [-0.2, -0.15) is 0 Å². The minimum atomic E-state index is 0.138. The molecule has 2 rings (SSSR count). The van der Waals surface area contributed by atoms with Crippen molar-refractivity contribution in [2.75, 3.05) is 31.1 Å². The molecule has 0 spiro atoms. The molecule has 4 nitrogen and oxygen atoms in total. The zero-order valence-electron chi connectivity index (χ0n) is 12.3. The summed E-state index contributed by atoms with van der Waals surface area (Å²) in [7, 11) is 0. The van der Waals surface area contributed by atoms with Gasteiger partial charge in [-0.1, -0.05) is 26.8 Å². The first kappa shape index (κ1) is 13.8. The van der Waals surface area contributed by atoms with Crippen molar-refractivity contribution in [1.82, 2.24) is 9.88 Å². The van der Waals surface area contributed by atoms with Crippen LogP contribution in [0.1, 0.15) is 33.3 Å². The van der Waals surface area contributed by atoms with Gasteiger partial charge in [0, 0.05) is 39.3 Å². The number of hydrogen-bond acceptors (Lipinski definition) is 3. The Kier molecular flexibility index (Phi) is 3.78. The van der Waals surface area contributed by atoms with Gasteiger partial charge < -0.3 is 9.80 Å². The Bertz CT molecular complexity index is 439. The second-order valence-corrected chi connectivity index (χ2v) is 6.15. The fraction of sp³-hybridized carbons (Fsp3) is 0.600. The number of carbonyl (C=O) groups excluding carboxylic acids is 1. The largest absolute Gasteiger partial charge is 0.353 e. The molecule has 1 aromatic heterocycles. The van der Waals surface area contributed by atoms with Gasteiger partial charge >= 0.3 is 0 Å². The Balaban J connectivity index is 2.02. The van der Waals surface area contributed by atoms with E-state index >= 15 is 0 Å². The van der Waals surface area contributed by atoms with E-state index in [0.29, 0.717) is 0 Å². The van der Waals surface area contributed by atoms with Crippen molar-refractivity contribution in [3.05, 3.63) is 23.9 Å². The third-order valence-corrected chi connectivity index (χ3v) is 3.66. The van der Waals surface area contributed by atoms with Crippen LogP contribution in [0.25, 0.3) is 0 Å². The van der Waals surface area contributed by atoms with Gasteiger partial charge in [0.1, 0.15) is 5.82 Å². The zero-order valence-corrected chi connectivity index (χ0v) is 12.3. The first-order valence-corrected chi connectivity index (χ1v) is 6.85. The summed E-state index contributed by atoms with van der Waals surface area (Å²) < 4.78 is 0. The number of aromatic nitrogens is 1. The van der Waals surface area contributed by atoms with Crippen molar-refractivity contribution in [3.8, 4) is 0 Å². The van der Waals surface area contributed by atoms with Crippen LogP contribution in [0.3, 0.4) is 0 Å². The number of amides is 1. The molecule has 1 aromatic rings. The van der Waals surface area contributed by atoms with E-state index in [1.165, 1.54) is 5.56 Å². The van der Waals surface area contributed by atoms with Crippen molar-refractivity contribution in [3.63, 3.8) is 0 Å². The van der Waals surface area contributed by atoms with Gasteiger partial charge in [0.05, 0.1) is 0 Å². The molecule has 0 aromatic carbocycles. The molecule has 0 unspecified atom stereocenters. The SMILES string of the molecule is CC(=O)N1CCN(c2ccc(C(C)(C)C)cn2)CC1.